The molecule has 0 radical (unpaired) electrons. The lowest BCUT2D eigenvalue weighted by Gasteiger charge is -2.17. The maximum Gasteiger partial charge on any atom is 0.416 e. The molecule has 2 heterocycles. The van der Waals surface area contributed by atoms with Crippen LogP contribution in [0.25, 0.3) is 5.57 Å². The molecule has 2 aromatic carbocycles. The third-order valence-electron chi connectivity index (χ3n) is 5.08. The van der Waals surface area contributed by atoms with Crippen LogP contribution in [0.4, 0.5) is 24.5 Å². The fourth-order valence-corrected chi connectivity index (χ4v) is 3.61. The lowest BCUT2D eigenvalue weighted by molar-refractivity contribution is -0.137. The number of carbonyl (C=O) groups is 2. The largest absolute Gasteiger partial charge is 0.493 e. The van der Waals surface area contributed by atoms with Gasteiger partial charge in [0.15, 0.2) is 0 Å². The molecule has 0 unspecified atom stereocenters. The van der Waals surface area contributed by atoms with Crippen molar-refractivity contribution in [1.82, 2.24) is 0 Å². The summed E-state index contributed by atoms with van der Waals surface area (Å²) in [6.07, 6.45) is -0.959. The van der Waals surface area contributed by atoms with Gasteiger partial charge in [0, 0.05) is 29.4 Å². The van der Waals surface area contributed by atoms with E-state index >= 15 is 0 Å². The summed E-state index contributed by atoms with van der Waals surface area (Å²) in [6.45, 7) is 0.282. The zero-order valence-electron chi connectivity index (χ0n) is 15.9. The number of hydrogen-bond donors (Lipinski definition) is 2. The highest BCUT2D eigenvalue weighted by Crippen LogP contribution is 2.38. The Labute approximate surface area is 170 Å². The van der Waals surface area contributed by atoms with Crippen LogP contribution in [-0.2, 0) is 22.2 Å². The second-order valence-electron chi connectivity index (χ2n) is 7.24. The molecule has 2 aliphatic rings. The summed E-state index contributed by atoms with van der Waals surface area (Å²) in [6, 6.07) is 8.57. The predicted molar refractivity (Wildman–Crippen MR) is 106 cm³/mol. The van der Waals surface area contributed by atoms with Gasteiger partial charge in [0.1, 0.15) is 5.75 Å². The molecule has 0 saturated carbocycles. The molecule has 0 fully saturated rings. The molecule has 2 aliphatic heterocycles. The number of benzene rings is 2. The molecular weight excluding hydrogens is 397 g/mol. The van der Waals surface area contributed by atoms with E-state index in [9.17, 15) is 22.8 Å². The molecule has 0 spiro atoms. The Morgan fingerprint density at radius 3 is 2.73 bits per heavy atom. The number of halogens is 3. The van der Waals surface area contributed by atoms with Crippen molar-refractivity contribution in [2.45, 2.75) is 31.9 Å². The second-order valence-corrected chi connectivity index (χ2v) is 7.24. The van der Waals surface area contributed by atoms with Crippen LogP contribution in [0, 0.1) is 0 Å². The van der Waals surface area contributed by atoms with E-state index in [0.717, 1.165) is 23.4 Å². The van der Waals surface area contributed by atoms with Gasteiger partial charge in [-0.05, 0) is 60.7 Å². The minimum Gasteiger partial charge on any atom is -0.493 e. The van der Waals surface area contributed by atoms with E-state index in [1.165, 1.54) is 12.1 Å². The number of anilines is 2. The fourth-order valence-electron chi connectivity index (χ4n) is 3.61. The van der Waals surface area contributed by atoms with Gasteiger partial charge in [0.25, 0.3) is 0 Å². The van der Waals surface area contributed by atoms with Gasteiger partial charge in [0.05, 0.1) is 12.2 Å². The van der Waals surface area contributed by atoms with Crippen molar-refractivity contribution < 1.29 is 27.5 Å². The maximum atomic E-state index is 13.0. The molecular formula is C22H19F3N2O3. The van der Waals surface area contributed by atoms with Crippen LogP contribution in [0.3, 0.4) is 0 Å². The quantitative estimate of drug-likeness (QED) is 0.692. The van der Waals surface area contributed by atoms with Gasteiger partial charge in [-0.25, -0.2) is 0 Å². The molecule has 5 nitrogen and oxygen atoms in total. The van der Waals surface area contributed by atoms with Gasteiger partial charge in [-0.2, -0.15) is 13.2 Å². The number of hydrogen-bond acceptors (Lipinski definition) is 3. The number of alkyl halides is 3. The fraction of sp³-hybridized carbons (Fsp3) is 0.273. The Morgan fingerprint density at radius 2 is 1.93 bits per heavy atom. The van der Waals surface area contributed by atoms with Crippen LogP contribution >= 0.6 is 0 Å². The number of fused-ring (bicyclic) bond motifs is 2. The maximum absolute atomic E-state index is 13.0. The van der Waals surface area contributed by atoms with Gasteiger partial charge < -0.3 is 15.4 Å². The van der Waals surface area contributed by atoms with E-state index in [-0.39, 0.29) is 24.2 Å². The average Bonchev–Trinajstić information content (AvgIpc) is 2.89. The molecule has 0 aromatic heterocycles. The number of allylic oxidation sites excluding steroid dienone is 1. The lowest BCUT2D eigenvalue weighted by atomic mass is 9.99. The summed E-state index contributed by atoms with van der Waals surface area (Å²) in [5.41, 5.74) is 2.59. The summed E-state index contributed by atoms with van der Waals surface area (Å²) in [5.74, 6) is -0.282. The SMILES string of the molecule is O=C(C=C1CCCOc2cc(C(F)(F)F)ccc21)Nc1ccc2c(c1)CCC(=O)N2. The van der Waals surface area contributed by atoms with Crippen molar-refractivity contribution in [1.29, 1.82) is 0 Å². The molecule has 2 aromatic rings. The van der Waals surface area contributed by atoms with E-state index in [2.05, 4.69) is 10.6 Å². The Balaban J connectivity index is 1.56. The third kappa shape index (κ3) is 4.32. The van der Waals surface area contributed by atoms with Gasteiger partial charge in [-0.1, -0.05) is 6.07 Å². The number of carbonyl (C=O) groups excluding carboxylic acids is 2. The molecule has 156 valence electrons. The standard InChI is InChI=1S/C22H19F3N2O3/c23-22(24,25)15-4-6-17-13(2-1-9-30-19(17)12-15)11-21(29)26-16-5-7-18-14(10-16)3-8-20(28)27-18/h4-7,10-12H,1-3,8-9H2,(H,26,29)(H,27,28). The van der Waals surface area contributed by atoms with Crippen LogP contribution < -0.4 is 15.4 Å². The molecule has 0 atom stereocenters. The molecule has 0 saturated heterocycles. The van der Waals surface area contributed by atoms with Crippen molar-refractivity contribution >= 4 is 28.8 Å². The summed E-state index contributed by atoms with van der Waals surface area (Å²) >= 11 is 0. The summed E-state index contributed by atoms with van der Waals surface area (Å²) in [4.78, 5) is 24.0. The van der Waals surface area contributed by atoms with Gasteiger partial charge >= 0.3 is 6.18 Å². The monoisotopic (exact) mass is 416 g/mol. The zero-order chi connectivity index (χ0) is 21.3. The molecule has 2 amide bonds. The highest BCUT2D eigenvalue weighted by atomic mass is 19.4. The van der Waals surface area contributed by atoms with E-state index in [4.69, 9.17) is 4.74 Å². The Hall–Kier alpha value is -3.29. The zero-order valence-corrected chi connectivity index (χ0v) is 15.9. The summed E-state index contributed by atoms with van der Waals surface area (Å²) in [7, 11) is 0. The van der Waals surface area contributed by atoms with Gasteiger partial charge in [0.2, 0.25) is 11.8 Å². The van der Waals surface area contributed by atoms with E-state index in [0.29, 0.717) is 42.5 Å². The van der Waals surface area contributed by atoms with Crippen molar-refractivity contribution in [3.63, 3.8) is 0 Å². The first kappa shape index (κ1) is 20.0. The second kappa shape index (κ2) is 7.85. The van der Waals surface area contributed by atoms with Crippen LogP contribution in [0.5, 0.6) is 5.75 Å². The normalized spacial score (nSPS) is 17.3. The van der Waals surface area contributed by atoms with Crippen molar-refractivity contribution in [2.24, 2.45) is 0 Å². The van der Waals surface area contributed by atoms with Crippen LogP contribution in [0.1, 0.15) is 36.0 Å². The lowest BCUT2D eigenvalue weighted by Crippen LogP contribution is -2.19. The summed E-state index contributed by atoms with van der Waals surface area (Å²) in [5, 5.41) is 5.57. The van der Waals surface area contributed by atoms with Crippen LogP contribution in [0.15, 0.2) is 42.5 Å². The van der Waals surface area contributed by atoms with E-state index in [1.807, 2.05) is 6.07 Å². The molecule has 8 heteroatoms. The molecule has 4 rings (SSSR count). The third-order valence-corrected chi connectivity index (χ3v) is 5.08. The number of rotatable bonds is 2. The summed E-state index contributed by atoms with van der Waals surface area (Å²) < 4.78 is 44.5. The van der Waals surface area contributed by atoms with Crippen LogP contribution in [-0.4, -0.2) is 18.4 Å². The smallest absolute Gasteiger partial charge is 0.416 e. The molecule has 2 N–H and O–H groups in total. The topological polar surface area (TPSA) is 67.4 Å². The Morgan fingerprint density at radius 1 is 1.10 bits per heavy atom. The number of amides is 2. The first-order valence-electron chi connectivity index (χ1n) is 9.58. The first-order valence-corrected chi connectivity index (χ1v) is 9.58. The predicted octanol–water partition coefficient (Wildman–Crippen LogP) is 4.78. The highest BCUT2D eigenvalue weighted by molar-refractivity contribution is 6.04. The number of aryl methyl sites for hydroxylation is 1. The minimum absolute atomic E-state index is 0.0352. The number of ether oxygens (including phenoxy) is 1. The van der Waals surface area contributed by atoms with E-state index in [1.54, 1.807) is 12.1 Å². The highest BCUT2D eigenvalue weighted by Gasteiger charge is 2.32. The van der Waals surface area contributed by atoms with Crippen molar-refractivity contribution in [3.8, 4) is 5.75 Å². The average molecular weight is 416 g/mol. The first-order chi connectivity index (χ1) is 14.3. The van der Waals surface area contributed by atoms with E-state index < -0.39 is 11.7 Å². The molecule has 30 heavy (non-hydrogen) atoms. The Kier molecular flexibility index (Phi) is 5.24. The number of nitrogens with one attached hydrogen (secondary N) is 2. The van der Waals surface area contributed by atoms with Gasteiger partial charge in [-0.3, -0.25) is 9.59 Å². The molecule has 0 bridgehead atoms. The molecule has 0 aliphatic carbocycles. The van der Waals surface area contributed by atoms with Crippen molar-refractivity contribution in [2.75, 3.05) is 17.2 Å². The van der Waals surface area contributed by atoms with Gasteiger partial charge in [-0.15, -0.1) is 0 Å². The van der Waals surface area contributed by atoms with Crippen molar-refractivity contribution in [3.05, 3.63) is 59.2 Å². The minimum atomic E-state index is -4.46. The Bertz CT molecular complexity index is 1040. The van der Waals surface area contributed by atoms with Crippen LogP contribution in [0.2, 0.25) is 0 Å².